The number of pyridine rings is 2. The van der Waals surface area contributed by atoms with Crippen molar-refractivity contribution in [3.8, 4) is 0 Å². The summed E-state index contributed by atoms with van der Waals surface area (Å²) < 4.78 is 1.73. The van der Waals surface area contributed by atoms with Gasteiger partial charge in [-0.3, -0.25) is 24.2 Å². The van der Waals surface area contributed by atoms with Crippen LogP contribution in [0, 0.1) is 12.3 Å². The molecule has 0 aromatic carbocycles. The summed E-state index contributed by atoms with van der Waals surface area (Å²) in [4.78, 5) is 34.4. The molecule has 212 valence electrons. The van der Waals surface area contributed by atoms with E-state index in [1.54, 1.807) is 36.0 Å². The van der Waals surface area contributed by atoms with Crippen molar-refractivity contribution in [1.29, 1.82) is 0 Å². The number of nitrogens with zero attached hydrogens (tertiary/aromatic N) is 5. The van der Waals surface area contributed by atoms with Gasteiger partial charge in [0.25, 0.3) is 5.91 Å². The number of carbonyl (C=O) groups is 2. The second-order valence-corrected chi connectivity index (χ2v) is 10.4. The Morgan fingerprint density at radius 3 is 2.44 bits per heavy atom. The highest BCUT2D eigenvalue weighted by Crippen LogP contribution is 2.27. The Labute approximate surface area is 250 Å². The Morgan fingerprint density at radius 2 is 1.90 bits per heavy atom. The molecule has 0 aliphatic carbocycles. The normalized spacial score (nSPS) is 14.5. The highest BCUT2D eigenvalue weighted by molar-refractivity contribution is 14.0. The summed E-state index contributed by atoms with van der Waals surface area (Å²) >= 11 is 0. The highest BCUT2D eigenvalue weighted by atomic mass is 127. The van der Waals surface area contributed by atoms with E-state index >= 15 is 0 Å². The molecule has 4 rings (SSSR count). The average Bonchev–Trinajstić information content (AvgIpc) is 3.45. The molecule has 1 saturated heterocycles. The number of likely N-dealkylation sites (tertiary alicyclic amines) is 1. The van der Waals surface area contributed by atoms with Gasteiger partial charge >= 0.3 is 0 Å². The van der Waals surface area contributed by atoms with Crippen LogP contribution in [0.1, 0.15) is 62.9 Å². The summed E-state index contributed by atoms with van der Waals surface area (Å²) in [5.74, 6) is -0.333. The van der Waals surface area contributed by atoms with Gasteiger partial charge in [-0.2, -0.15) is 5.10 Å². The van der Waals surface area contributed by atoms with E-state index in [0.717, 1.165) is 16.7 Å². The van der Waals surface area contributed by atoms with E-state index in [-0.39, 0.29) is 32.7 Å². The average molecular weight is 648 g/mol. The van der Waals surface area contributed by atoms with E-state index in [0.29, 0.717) is 40.2 Å². The summed E-state index contributed by atoms with van der Waals surface area (Å²) in [5.41, 5.74) is 6.00. The maximum absolute atomic E-state index is 12.8. The van der Waals surface area contributed by atoms with Gasteiger partial charge in [-0.25, -0.2) is 0 Å². The van der Waals surface area contributed by atoms with Crippen molar-refractivity contribution in [2.75, 3.05) is 30.8 Å². The molecule has 3 aromatic heterocycles. The lowest BCUT2D eigenvalue weighted by molar-refractivity contribution is -0.105. The molecule has 0 radical (unpaired) electrons. The summed E-state index contributed by atoms with van der Waals surface area (Å²) in [6.07, 6.45) is 12.2. The first-order valence-corrected chi connectivity index (χ1v) is 12.5. The van der Waals surface area contributed by atoms with E-state index in [9.17, 15) is 9.59 Å². The first-order chi connectivity index (χ1) is 18.0. The topological polar surface area (TPSA) is 105 Å². The van der Waals surface area contributed by atoms with Crippen molar-refractivity contribution in [1.82, 2.24) is 24.6 Å². The van der Waals surface area contributed by atoms with Crippen LogP contribution < -0.4 is 10.6 Å². The molecule has 0 atom stereocenters. The van der Waals surface area contributed by atoms with Gasteiger partial charge < -0.3 is 15.5 Å². The number of hydrogen-bond acceptors (Lipinski definition) is 6. The number of aryl methyl sites for hydroxylation is 2. The minimum absolute atomic E-state index is 0. The molecular formula is C29H42IN7O2. The molecular weight excluding hydrogens is 605 g/mol. The number of hydrogen-bond donors (Lipinski definition) is 2. The number of allylic oxidation sites excluding steroid dienone is 1. The van der Waals surface area contributed by atoms with Gasteiger partial charge in [0.15, 0.2) is 0 Å². The zero-order valence-corrected chi connectivity index (χ0v) is 25.8. The van der Waals surface area contributed by atoms with Crippen LogP contribution >= 0.6 is 24.0 Å². The van der Waals surface area contributed by atoms with Crippen molar-refractivity contribution < 1.29 is 12.4 Å². The van der Waals surface area contributed by atoms with Crippen molar-refractivity contribution in [2.45, 2.75) is 34.1 Å². The molecule has 2 amide bonds. The second-order valence-electron chi connectivity index (χ2n) is 10.4. The van der Waals surface area contributed by atoms with Gasteiger partial charge in [0.05, 0.1) is 40.7 Å². The first-order valence-electron chi connectivity index (χ1n) is 12.5. The fourth-order valence-electron chi connectivity index (χ4n) is 4.23. The van der Waals surface area contributed by atoms with Crippen LogP contribution in [-0.2, 0) is 11.8 Å². The number of amides is 2. The van der Waals surface area contributed by atoms with E-state index in [1.165, 1.54) is 31.9 Å². The highest BCUT2D eigenvalue weighted by Gasteiger charge is 2.26. The molecule has 9 nitrogen and oxygen atoms in total. The summed E-state index contributed by atoms with van der Waals surface area (Å²) in [5, 5.41) is 9.53. The maximum atomic E-state index is 12.8. The molecule has 2 N–H and O–H groups in total. The Balaban J connectivity index is 0.00000126. The third-order valence-electron chi connectivity index (χ3n) is 6.37. The fraction of sp³-hybridized carbons (Fsp3) is 0.345. The van der Waals surface area contributed by atoms with Gasteiger partial charge in [0, 0.05) is 40.0 Å². The minimum Gasteiger partial charge on any atom is -0.327 e. The summed E-state index contributed by atoms with van der Waals surface area (Å²) in [7, 11) is 4.05. The Bertz CT molecular complexity index is 1360. The number of rotatable bonds is 7. The van der Waals surface area contributed by atoms with Crippen molar-refractivity contribution in [3.63, 3.8) is 0 Å². The first kappa shape index (κ1) is 31.8. The molecule has 0 unspecified atom stereocenters. The predicted molar refractivity (Wildman–Crippen MR) is 173 cm³/mol. The number of aromatic nitrogens is 4. The number of carbonyl (C=O) groups excluding carboxylic acids is 2. The Hall–Kier alpha value is -3.38. The van der Waals surface area contributed by atoms with Gasteiger partial charge in [0.2, 0.25) is 6.41 Å². The lowest BCUT2D eigenvalue weighted by Gasteiger charge is -2.15. The van der Waals surface area contributed by atoms with Gasteiger partial charge in [0.1, 0.15) is 0 Å². The Kier molecular flexibility index (Phi) is 11.5. The van der Waals surface area contributed by atoms with Gasteiger partial charge in [-0.05, 0) is 69.1 Å². The van der Waals surface area contributed by atoms with E-state index < -0.39 is 0 Å². The minimum atomic E-state index is -0.333. The van der Waals surface area contributed by atoms with Crippen LogP contribution in [0.4, 0.5) is 11.4 Å². The molecule has 10 heteroatoms. The molecule has 39 heavy (non-hydrogen) atoms. The van der Waals surface area contributed by atoms with Crippen LogP contribution in [0.2, 0.25) is 0 Å². The van der Waals surface area contributed by atoms with E-state index in [1.807, 2.05) is 26.2 Å². The van der Waals surface area contributed by atoms with Crippen molar-refractivity contribution >= 4 is 65.4 Å². The molecule has 4 heterocycles. The smallest absolute Gasteiger partial charge is 0.257 e. The molecule has 0 saturated carbocycles. The molecule has 3 aromatic rings. The lowest BCUT2D eigenvalue weighted by Crippen LogP contribution is -2.18. The quantitative estimate of drug-likeness (QED) is 0.241. The number of nitrogens with one attached hydrogen (secondary N) is 2. The van der Waals surface area contributed by atoms with Crippen LogP contribution in [0.3, 0.4) is 0 Å². The van der Waals surface area contributed by atoms with Crippen molar-refractivity contribution in [3.05, 3.63) is 71.6 Å². The Morgan fingerprint density at radius 1 is 1.15 bits per heavy atom. The standard InChI is InChI=1S/C22H22N6O2.C7H15N.HI.2H2/c1-5-20-16(6-14(2)18-10-26-28(4)12-18)7-17(9-24-20)22(30)27-21-8-19(25-13-29)11-23-15(21)3;1-7(2)4-5-8(3)6-7;;;/h5-13H,1H2,2-4H3,(H,25,29)(H,27,30);4-6H2,1-3H3;3*1H/b14-6+;;;;. The molecule has 0 spiro atoms. The van der Waals surface area contributed by atoms with Crippen molar-refractivity contribution in [2.24, 2.45) is 12.5 Å². The third-order valence-corrected chi connectivity index (χ3v) is 6.37. The molecule has 1 aliphatic heterocycles. The number of anilines is 2. The molecule has 1 fully saturated rings. The largest absolute Gasteiger partial charge is 0.327 e. The van der Waals surface area contributed by atoms with E-state index in [2.05, 4.69) is 58.1 Å². The summed E-state index contributed by atoms with van der Waals surface area (Å²) in [6.45, 7) is 14.8. The van der Waals surface area contributed by atoms with Gasteiger partial charge in [-0.15, -0.1) is 24.0 Å². The van der Waals surface area contributed by atoms with Gasteiger partial charge in [-0.1, -0.05) is 20.4 Å². The predicted octanol–water partition coefficient (Wildman–Crippen LogP) is 6.00. The molecule has 1 aliphatic rings. The SMILES string of the molecule is C=Cc1ncc(C(=O)Nc2cc(NC=O)cnc2C)cc1/C=C(\C)c1cnn(C)c1.CN1CCC(C)(C)C1.I.[HH].[HH]. The monoisotopic (exact) mass is 647 g/mol. The maximum Gasteiger partial charge on any atom is 0.257 e. The zero-order valence-electron chi connectivity index (χ0n) is 23.5. The third kappa shape index (κ3) is 9.10. The zero-order chi connectivity index (χ0) is 27.9. The molecule has 0 bridgehead atoms. The lowest BCUT2D eigenvalue weighted by atomic mass is 9.93. The van der Waals surface area contributed by atoms with Crippen LogP contribution in [0.25, 0.3) is 17.7 Å². The second kappa shape index (κ2) is 14.1. The summed E-state index contributed by atoms with van der Waals surface area (Å²) in [6, 6.07) is 3.41. The van der Waals surface area contributed by atoms with Crippen LogP contribution in [-0.4, -0.2) is 57.1 Å². The number of halogens is 1. The van der Waals surface area contributed by atoms with Crippen LogP contribution in [0.15, 0.2) is 43.5 Å². The fourth-order valence-corrected chi connectivity index (χ4v) is 4.23. The van der Waals surface area contributed by atoms with E-state index in [4.69, 9.17) is 0 Å². The van der Waals surface area contributed by atoms with Crippen LogP contribution in [0.5, 0.6) is 0 Å².